The Morgan fingerprint density at radius 3 is 1.61 bits per heavy atom. The van der Waals surface area contributed by atoms with Gasteiger partial charge in [-0.3, -0.25) is 14.4 Å². The standard InChI is InChI=1S/C16H28O7/c1-10(17)7-13(18)21-11(2)8-14(19)22-12(3)9-15(20)23-16(4,5)6/h10-12,17H,7-9H2,1-6H3. The normalized spacial score (nSPS) is 15.3. The van der Waals surface area contributed by atoms with Crippen molar-refractivity contribution in [1.29, 1.82) is 0 Å². The van der Waals surface area contributed by atoms with Gasteiger partial charge in [0.25, 0.3) is 0 Å². The Balaban J connectivity index is 4.13. The maximum atomic E-state index is 11.7. The van der Waals surface area contributed by atoms with Crippen LogP contribution in [0.4, 0.5) is 0 Å². The van der Waals surface area contributed by atoms with E-state index in [1.54, 1.807) is 34.6 Å². The first-order chi connectivity index (χ1) is 10.4. The lowest BCUT2D eigenvalue weighted by Gasteiger charge is -2.21. The minimum Gasteiger partial charge on any atom is -0.462 e. The van der Waals surface area contributed by atoms with E-state index in [1.165, 1.54) is 6.92 Å². The van der Waals surface area contributed by atoms with Crippen LogP contribution < -0.4 is 0 Å². The van der Waals surface area contributed by atoms with Crippen LogP contribution in [-0.2, 0) is 28.6 Å². The lowest BCUT2D eigenvalue weighted by atomic mass is 10.2. The molecule has 23 heavy (non-hydrogen) atoms. The van der Waals surface area contributed by atoms with Gasteiger partial charge in [-0.2, -0.15) is 0 Å². The van der Waals surface area contributed by atoms with Crippen molar-refractivity contribution in [2.45, 2.75) is 84.7 Å². The number of rotatable bonds is 8. The van der Waals surface area contributed by atoms with Gasteiger partial charge in [0.15, 0.2) is 0 Å². The van der Waals surface area contributed by atoms with Crippen molar-refractivity contribution in [3.05, 3.63) is 0 Å². The molecular formula is C16H28O7. The molecular weight excluding hydrogens is 304 g/mol. The van der Waals surface area contributed by atoms with Crippen LogP contribution in [0.25, 0.3) is 0 Å². The molecule has 134 valence electrons. The summed E-state index contributed by atoms with van der Waals surface area (Å²) in [7, 11) is 0. The molecule has 0 amide bonds. The molecule has 1 N–H and O–H groups in total. The quantitative estimate of drug-likeness (QED) is 0.534. The number of aliphatic hydroxyl groups is 1. The highest BCUT2D eigenvalue weighted by atomic mass is 16.6. The average Bonchev–Trinajstić information content (AvgIpc) is 2.22. The van der Waals surface area contributed by atoms with Crippen molar-refractivity contribution >= 4 is 17.9 Å². The molecule has 0 bridgehead atoms. The molecule has 0 radical (unpaired) electrons. The Bertz CT molecular complexity index is 409. The summed E-state index contributed by atoms with van der Waals surface area (Å²) in [5.41, 5.74) is -0.590. The van der Waals surface area contributed by atoms with Crippen LogP contribution in [0.2, 0.25) is 0 Å². The Labute approximate surface area is 137 Å². The predicted octanol–water partition coefficient (Wildman–Crippen LogP) is 1.74. The van der Waals surface area contributed by atoms with Crippen LogP contribution in [0.5, 0.6) is 0 Å². The molecule has 3 atom stereocenters. The Kier molecular flexibility index (Phi) is 8.82. The van der Waals surface area contributed by atoms with E-state index >= 15 is 0 Å². The van der Waals surface area contributed by atoms with E-state index < -0.39 is 41.8 Å². The molecule has 0 aromatic carbocycles. The van der Waals surface area contributed by atoms with Crippen LogP contribution in [0, 0.1) is 0 Å². The summed E-state index contributed by atoms with van der Waals surface area (Å²) in [6.45, 7) is 9.88. The number of carbonyl (C=O) groups is 3. The summed E-state index contributed by atoms with van der Waals surface area (Å²) in [4.78, 5) is 34.7. The summed E-state index contributed by atoms with van der Waals surface area (Å²) >= 11 is 0. The maximum Gasteiger partial charge on any atom is 0.310 e. The van der Waals surface area contributed by atoms with Gasteiger partial charge in [0, 0.05) is 0 Å². The Morgan fingerprint density at radius 2 is 1.22 bits per heavy atom. The monoisotopic (exact) mass is 332 g/mol. The number of carbonyl (C=O) groups excluding carboxylic acids is 3. The van der Waals surface area contributed by atoms with Gasteiger partial charge in [-0.25, -0.2) is 0 Å². The summed E-state index contributed by atoms with van der Waals surface area (Å²) in [5, 5.41) is 9.06. The van der Waals surface area contributed by atoms with E-state index in [4.69, 9.17) is 19.3 Å². The Hall–Kier alpha value is -1.63. The molecule has 0 saturated heterocycles. The van der Waals surface area contributed by atoms with Crippen molar-refractivity contribution in [3.8, 4) is 0 Å². The zero-order valence-corrected chi connectivity index (χ0v) is 14.8. The van der Waals surface area contributed by atoms with E-state index in [-0.39, 0.29) is 19.3 Å². The van der Waals surface area contributed by atoms with Gasteiger partial charge < -0.3 is 19.3 Å². The molecule has 0 rings (SSSR count). The number of hydrogen-bond donors (Lipinski definition) is 1. The second kappa shape index (κ2) is 9.50. The van der Waals surface area contributed by atoms with Crippen molar-refractivity contribution in [2.75, 3.05) is 0 Å². The van der Waals surface area contributed by atoms with Gasteiger partial charge in [0.05, 0.1) is 25.4 Å². The number of aliphatic hydroxyl groups excluding tert-OH is 1. The van der Waals surface area contributed by atoms with Crippen molar-refractivity contribution in [3.63, 3.8) is 0 Å². The molecule has 0 saturated carbocycles. The molecule has 7 heteroatoms. The fourth-order valence-electron chi connectivity index (χ4n) is 1.72. The largest absolute Gasteiger partial charge is 0.462 e. The van der Waals surface area contributed by atoms with Gasteiger partial charge in [-0.1, -0.05) is 0 Å². The molecule has 0 heterocycles. The smallest absolute Gasteiger partial charge is 0.310 e. The van der Waals surface area contributed by atoms with E-state index in [0.717, 1.165) is 0 Å². The van der Waals surface area contributed by atoms with E-state index in [9.17, 15) is 14.4 Å². The molecule has 0 spiro atoms. The van der Waals surface area contributed by atoms with Crippen LogP contribution in [0.1, 0.15) is 60.8 Å². The van der Waals surface area contributed by atoms with E-state index in [1.807, 2.05) is 0 Å². The highest BCUT2D eigenvalue weighted by Crippen LogP contribution is 2.11. The first kappa shape index (κ1) is 21.4. The molecule has 3 unspecified atom stereocenters. The first-order valence-corrected chi connectivity index (χ1v) is 7.68. The average molecular weight is 332 g/mol. The Morgan fingerprint density at radius 1 is 0.826 bits per heavy atom. The maximum absolute atomic E-state index is 11.7. The SMILES string of the molecule is CC(O)CC(=O)OC(C)CC(=O)OC(C)CC(=O)OC(C)(C)C. The molecule has 7 nitrogen and oxygen atoms in total. The van der Waals surface area contributed by atoms with Crippen LogP contribution >= 0.6 is 0 Å². The van der Waals surface area contributed by atoms with Gasteiger partial charge in [-0.05, 0) is 41.5 Å². The molecule has 0 aromatic rings. The summed E-state index contributed by atoms with van der Waals surface area (Å²) < 4.78 is 15.2. The van der Waals surface area contributed by atoms with Crippen molar-refractivity contribution in [1.82, 2.24) is 0 Å². The lowest BCUT2D eigenvalue weighted by molar-refractivity contribution is -0.162. The third-order valence-electron chi connectivity index (χ3n) is 2.46. The summed E-state index contributed by atoms with van der Waals surface area (Å²) in [6, 6.07) is 0. The third-order valence-corrected chi connectivity index (χ3v) is 2.46. The summed E-state index contributed by atoms with van der Waals surface area (Å²) in [5.74, 6) is -1.60. The minimum atomic E-state index is -0.796. The molecule has 0 fully saturated rings. The molecule has 0 aliphatic rings. The fourth-order valence-corrected chi connectivity index (χ4v) is 1.72. The first-order valence-electron chi connectivity index (χ1n) is 7.68. The molecule has 0 aliphatic heterocycles. The van der Waals surface area contributed by atoms with Gasteiger partial charge in [0.2, 0.25) is 0 Å². The molecule has 0 aromatic heterocycles. The number of hydrogen-bond acceptors (Lipinski definition) is 7. The van der Waals surface area contributed by atoms with Crippen LogP contribution in [-0.4, -0.2) is 46.9 Å². The zero-order valence-electron chi connectivity index (χ0n) is 14.8. The van der Waals surface area contributed by atoms with E-state index in [0.29, 0.717) is 0 Å². The predicted molar refractivity (Wildman–Crippen MR) is 82.5 cm³/mol. The number of ether oxygens (including phenoxy) is 3. The third kappa shape index (κ3) is 12.6. The van der Waals surface area contributed by atoms with Crippen molar-refractivity contribution in [2.24, 2.45) is 0 Å². The summed E-state index contributed by atoms with van der Waals surface area (Å²) in [6.07, 6.45) is -2.38. The second-order valence-electron chi connectivity index (χ2n) is 6.65. The highest BCUT2D eigenvalue weighted by molar-refractivity contribution is 5.74. The van der Waals surface area contributed by atoms with Crippen molar-refractivity contribution < 1.29 is 33.7 Å². The second-order valence-corrected chi connectivity index (χ2v) is 6.65. The van der Waals surface area contributed by atoms with Crippen LogP contribution in [0.3, 0.4) is 0 Å². The van der Waals surface area contributed by atoms with Gasteiger partial charge >= 0.3 is 17.9 Å². The molecule has 0 aliphatic carbocycles. The fraction of sp³-hybridized carbons (Fsp3) is 0.812. The highest BCUT2D eigenvalue weighted by Gasteiger charge is 2.22. The van der Waals surface area contributed by atoms with Crippen LogP contribution in [0.15, 0.2) is 0 Å². The van der Waals surface area contributed by atoms with Gasteiger partial charge in [0.1, 0.15) is 17.8 Å². The zero-order chi connectivity index (χ0) is 18.2. The number of esters is 3. The topological polar surface area (TPSA) is 99.1 Å². The minimum absolute atomic E-state index is 0.0425. The van der Waals surface area contributed by atoms with Gasteiger partial charge in [-0.15, -0.1) is 0 Å². The van der Waals surface area contributed by atoms with E-state index in [2.05, 4.69) is 0 Å². The lowest BCUT2D eigenvalue weighted by Crippen LogP contribution is -2.28.